The van der Waals surface area contributed by atoms with Crippen LogP contribution in [-0.2, 0) is 11.2 Å². The highest BCUT2D eigenvalue weighted by Crippen LogP contribution is 2.24. The van der Waals surface area contributed by atoms with Crippen molar-refractivity contribution in [3.63, 3.8) is 0 Å². The highest BCUT2D eigenvalue weighted by molar-refractivity contribution is 5.89. The maximum absolute atomic E-state index is 12.9. The van der Waals surface area contributed by atoms with E-state index in [4.69, 9.17) is 4.98 Å². The van der Waals surface area contributed by atoms with Crippen LogP contribution in [0.4, 0.5) is 5.82 Å². The monoisotopic (exact) mass is 384 g/mol. The van der Waals surface area contributed by atoms with Crippen LogP contribution in [0.15, 0.2) is 60.8 Å². The number of fused-ring (bicyclic) bond motifs is 2. The Hall–Kier alpha value is -3.34. The number of hydrogen-bond acceptors (Lipinski definition) is 3. The van der Waals surface area contributed by atoms with E-state index in [0.717, 1.165) is 54.0 Å². The Labute approximate surface area is 170 Å². The summed E-state index contributed by atoms with van der Waals surface area (Å²) in [6.45, 7) is 5.20. The first-order valence-corrected chi connectivity index (χ1v) is 10.1. The number of amides is 1. The van der Waals surface area contributed by atoms with Gasteiger partial charge in [0.05, 0.1) is 11.9 Å². The standard InChI is InChI=1S/C24H24N4O/c1-17-14-18-6-2-4-8-21(18)26-24(17)28-12-10-27(11-13-28)23(29)15-19-16-25-22-9-5-3-7-20(19)22/h2-9,14,16,25H,10-13,15H2,1H3. The van der Waals surface area contributed by atoms with E-state index in [2.05, 4.69) is 41.1 Å². The van der Waals surface area contributed by atoms with Gasteiger partial charge in [0.25, 0.3) is 0 Å². The van der Waals surface area contributed by atoms with Crippen molar-refractivity contribution in [1.29, 1.82) is 0 Å². The number of para-hydroxylation sites is 2. The second-order valence-electron chi connectivity index (χ2n) is 7.73. The van der Waals surface area contributed by atoms with Gasteiger partial charge >= 0.3 is 0 Å². The number of anilines is 1. The summed E-state index contributed by atoms with van der Waals surface area (Å²) >= 11 is 0. The molecule has 0 aliphatic carbocycles. The average Bonchev–Trinajstić information content (AvgIpc) is 3.16. The number of nitrogens with zero attached hydrogens (tertiary/aromatic N) is 3. The molecule has 0 atom stereocenters. The maximum Gasteiger partial charge on any atom is 0.227 e. The summed E-state index contributed by atoms with van der Waals surface area (Å²) in [7, 11) is 0. The summed E-state index contributed by atoms with van der Waals surface area (Å²) in [4.78, 5) is 25.3. The Morgan fingerprint density at radius 2 is 1.79 bits per heavy atom. The van der Waals surface area contributed by atoms with Crippen LogP contribution in [0.2, 0.25) is 0 Å². The number of rotatable bonds is 3. The molecule has 1 amide bonds. The van der Waals surface area contributed by atoms with Crippen LogP contribution in [0, 0.1) is 6.92 Å². The lowest BCUT2D eigenvalue weighted by atomic mass is 10.1. The van der Waals surface area contributed by atoms with Gasteiger partial charge in [-0.2, -0.15) is 0 Å². The van der Waals surface area contributed by atoms with Gasteiger partial charge in [-0.3, -0.25) is 4.79 Å². The number of carbonyl (C=O) groups is 1. The highest BCUT2D eigenvalue weighted by Gasteiger charge is 2.23. The lowest BCUT2D eigenvalue weighted by molar-refractivity contribution is -0.130. The van der Waals surface area contributed by atoms with Gasteiger partial charge in [0.1, 0.15) is 5.82 Å². The van der Waals surface area contributed by atoms with Crippen molar-refractivity contribution in [1.82, 2.24) is 14.9 Å². The predicted molar refractivity (Wildman–Crippen MR) is 117 cm³/mol. The first-order chi connectivity index (χ1) is 14.2. The molecule has 0 radical (unpaired) electrons. The smallest absolute Gasteiger partial charge is 0.227 e. The van der Waals surface area contributed by atoms with Crippen LogP contribution in [-0.4, -0.2) is 47.0 Å². The Balaban J connectivity index is 1.28. The molecule has 5 nitrogen and oxygen atoms in total. The molecule has 0 saturated carbocycles. The normalized spacial score (nSPS) is 14.7. The molecule has 2 aromatic heterocycles. The zero-order chi connectivity index (χ0) is 19.8. The topological polar surface area (TPSA) is 52.2 Å². The maximum atomic E-state index is 12.9. The van der Waals surface area contributed by atoms with Crippen molar-refractivity contribution < 1.29 is 4.79 Å². The van der Waals surface area contributed by atoms with Crippen LogP contribution in [0.5, 0.6) is 0 Å². The molecule has 5 heteroatoms. The molecular formula is C24H24N4O. The van der Waals surface area contributed by atoms with E-state index in [0.29, 0.717) is 6.42 Å². The SMILES string of the molecule is Cc1cc2ccccc2nc1N1CCN(C(=O)Cc2c[nH]c3ccccc23)CC1. The van der Waals surface area contributed by atoms with E-state index in [9.17, 15) is 4.79 Å². The molecule has 146 valence electrons. The number of aryl methyl sites for hydroxylation is 1. The van der Waals surface area contributed by atoms with Crippen molar-refractivity contribution >= 4 is 33.5 Å². The molecule has 3 heterocycles. The molecule has 29 heavy (non-hydrogen) atoms. The van der Waals surface area contributed by atoms with E-state index < -0.39 is 0 Å². The third-order valence-corrected chi connectivity index (χ3v) is 5.84. The Morgan fingerprint density at radius 3 is 2.66 bits per heavy atom. The molecule has 2 aromatic carbocycles. The average molecular weight is 384 g/mol. The number of nitrogens with one attached hydrogen (secondary N) is 1. The van der Waals surface area contributed by atoms with Gasteiger partial charge in [0.2, 0.25) is 5.91 Å². The minimum Gasteiger partial charge on any atom is -0.361 e. The van der Waals surface area contributed by atoms with Crippen LogP contribution in [0.25, 0.3) is 21.8 Å². The molecule has 0 unspecified atom stereocenters. The second-order valence-corrected chi connectivity index (χ2v) is 7.73. The Kier molecular flexibility index (Phi) is 4.43. The number of aromatic nitrogens is 2. The predicted octanol–water partition coefficient (Wildman–Crippen LogP) is 3.92. The molecule has 5 rings (SSSR count). The number of H-pyrrole nitrogens is 1. The van der Waals surface area contributed by atoms with Crippen molar-refractivity contribution in [2.24, 2.45) is 0 Å². The van der Waals surface area contributed by atoms with Gasteiger partial charge in [-0.25, -0.2) is 4.98 Å². The van der Waals surface area contributed by atoms with Gasteiger partial charge < -0.3 is 14.8 Å². The van der Waals surface area contributed by atoms with Crippen molar-refractivity contribution in [3.05, 3.63) is 71.9 Å². The van der Waals surface area contributed by atoms with Gasteiger partial charge in [-0.15, -0.1) is 0 Å². The Morgan fingerprint density at radius 1 is 1.03 bits per heavy atom. The first-order valence-electron chi connectivity index (χ1n) is 10.1. The summed E-state index contributed by atoms with van der Waals surface area (Å²) in [6, 6.07) is 18.6. The minimum atomic E-state index is 0.192. The third-order valence-electron chi connectivity index (χ3n) is 5.84. The summed E-state index contributed by atoms with van der Waals surface area (Å²) < 4.78 is 0. The fraction of sp³-hybridized carbons (Fsp3) is 0.250. The summed E-state index contributed by atoms with van der Waals surface area (Å²) in [6.07, 6.45) is 2.40. The second kappa shape index (κ2) is 7.24. The van der Waals surface area contributed by atoms with Crippen LogP contribution in [0.3, 0.4) is 0 Å². The van der Waals surface area contributed by atoms with E-state index in [1.807, 2.05) is 41.4 Å². The molecule has 0 spiro atoms. The van der Waals surface area contributed by atoms with Gasteiger partial charge in [0, 0.05) is 48.7 Å². The highest BCUT2D eigenvalue weighted by atomic mass is 16.2. The number of carbonyl (C=O) groups excluding carboxylic acids is 1. The van der Waals surface area contributed by atoms with Crippen molar-refractivity contribution in [2.75, 3.05) is 31.1 Å². The first kappa shape index (κ1) is 17.7. The van der Waals surface area contributed by atoms with Crippen LogP contribution in [0.1, 0.15) is 11.1 Å². The largest absolute Gasteiger partial charge is 0.361 e. The summed E-state index contributed by atoms with van der Waals surface area (Å²) in [5.41, 5.74) is 4.35. The zero-order valence-corrected chi connectivity index (χ0v) is 16.6. The molecule has 1 saturated heterocycles. The summed E-state index contributed by atoms with van der Waals surface area (Å²) in [5, 5.41) is 2.30. The molecule has 1 fully saturated rings. The molecule has 1 N–H and O–H groups in total. The lowest BCUT2D eigenvalue weighted by Gasteiger charge is -2.36. The summed E-state index contributed by atoms with van der Waals surface area (Å²) in [5.74, 6) is 1.23. The minimum absolute atomic E-state index is 0.192. The quantitative estimate of drug-likeness (QED) is 0.583. The fourth-order valence-electron chi connectivity index (χ4n) is 4.25. The molecular weight excluding hydrogens is 360 g/mol. The molecule has 1 aliphatic heterocycles. The number of benzene rings is 2. The van der Waals surface area contributed by atoms with E-state index in [1.54, 1.807) is 0 Å². The van der Waals surface area contributed by atoms with Crippen LogP contribution >= 0.6 is 0 Å². The third kappa shape index (κ3) is 3.33. The number of aromatic amines is 1. The van der Waals surface area contributed by atoms with Crippen LogP contribution < -0.4 is 4.90 Å². The zero-order valence-electron chi connectivity index (χ0n) is 16.6. The van der Waals surface area contributed by atoms with Gasteiger partial charge in [-0.05, 0) is 36.2 Å². The number of hydrogen-bond donors (Lipinski definition) is 1. The molecule has 1 aliphatic rings. The van der Waals surface area contributed by atoms with Gasteiger partial charge in [-0.1, -0.05) is 36.4 Å². The number of piperazine rings is 1. The van der Waals surface area contributed by atoms with E-state index in [1.165, 1.54) is 10.9 Å². The molecule has 4 aromatic rings. The van der Waals surface area contributed by atoms with E-state index >= 15 is 0 Å². The fourth-order valence-corrected chi connectivity index (χ4v) is 4.25. The lowest BCUT2D eigenvalue weighted by Crippen LogP contribution is -2.49. The van der Waals surface area contributed by atoms with Gasteiger partial charge in [0.15, 0.2) is 0 Å². The Bertz CT molecular complexity index is 1190. The van der Waals surface area contributed by atoms with E-state index in [-0.39, 0.29) is 5.91 Å². The van der Waals surface area contributed by atoms with Crippen molar-refractivity contribution in [3.8, 4) is 0 Å². The molecule has 0 bridgehead atoms. The van der Waals surface area contributed by atoms with Crippen molar-refractivity contribution in [2.45, 2.75) is 13.3 Å². The number of pyridine rings is 1.